The molecule has 1 aromatic rings. The van der Waals surface area contributed by atoms with E-state index in [4.69, 9.17) is 9.46 Å². The van der Waals surface area contributed by atoms with Crippen LogP contribution >= 0.6 is 0 Å². The van der Waals surface area contributed by atoms with Gasteiger partial charge in [-0.1, -0.05) is 89.3 Å². The first-order valence-electron chi connectivity index (χ1n) is 11.5. The lowest BCUT2D eigenvalue weighted by molar-refractivity contribution is -0.301. The van der Waals surface area contributed by atoms with Crippen molar-refractivity contribution in [3.05, 3.63) is 54.1 Å². The molecule has 0 unspecified atom stereocenters. The number of benzene rings is 1. The summed E-state index contributed by atoms with van der Waals surface area (Å²) in [6.07, 6.45) is 11.0. The first-order valence-corrected chi connectivity index (χ1v) is 14.4. The predicted octanol–water partition coefficient (Wildman–Crippen LogP) is 8.00. The predicted molar refractivity (Wildman–Crippen MR) is 135 cm³/mol. The summed E-state index contributed by atoms with van der Waals surface area (Å²) in [4.78, 5) is 17.9. The van der Waals surface area contributed by atoms with Gasteiger partial charge < -0.3 is 0 Å². The Kier molecular flexibility index (Phi) is 10.6. The Morgan fingerprint density at radius 1 is 1.03 bits per heavy atom. The second-order valence-corrected chi connectivity index (χ2v) is 15.5. The van der Waals surface area contributed by atoms with E-state index in [9.17, 15) is 4.79 Å². The van der Waals surface area contributed by atoms with E-state index in [0.717, 1.165) is 12.8 Å². The van der Waals surface area contributed by atoms with Gasteiger partial charge in [0.15, 0.2) is 0 Å². The van der Waals surface area contributed by atoms with E-state index in [1.54, 1.807) is 6.92 Å². The highest BCUT2D eigenvalue weighted by Gasteiger charge is 2.41. The molecule has 1 aromatic carbocycles. The van der Waals surface area contributed by atoms with E-state index in [1.165, 1.54) is 5.56 Å². The molecular formula is C27H44O3Si. The SMILES string of the molecule is CC(=O)C[C@](C)(C[C@@H](C)/C=C/C[C@H](C)/C=C/c1ccccc1)OO[Si](C)(C)C(C)(C)C. The molecule has 0 spiro atoms. The smallest absolute Gasteiger partial charge is 0.238 e. The number of rotatable bonds is 12. The van der Waals surface area contributed by atoms with Crippen molar-refractivity contribution in [2.24, 2.45) is 11.8 Å². The fourth-order valence-corrected chi connectivity index (χ4v) is 3.84. The lowest BCUT2D eigenvalue weighted by Crippen LogP contribution is -2.45. The van der Waals surface area contributed by atoms with Crippen LogP contribution in [0.5, 0.6) is 0 Å². The van der Waals surface area contributed by atoms with Gasteiger partial charge in [-0.3, -0.25) is 9.37 Å². The fourth-order valence-electron chi connectivity index (χ4n) is 3.18. The molecule has 4 heteroatoms. The molecule has 0 fully saturated rings. The Morgan fingerprint density at radius 3 is 2.19 bits per heavy atom. The van der Waals surface area contributed by atoms with Crippen LogP contribution in [0.2, 0.25) is 18.1 Å². The summed E-state index contributed by atoms with van der Waals surface area (Å²) in [5.41, 5.74) is 0.606. The maximum absolute atomic E-state index is 11.9. The van der Waals surface area contributed by atoms with Crippen LogP contribution in [0.25, 0.3) is 6.08 Å². The van der Waals surface area contributed by atoms with Crippen molar-refractivity contribution >= 4 is 20.2 Å². The van der Waals surface area contributed by atoms with Crippen LogP contribution in [0.3, 0.4) is 0 Å². The van der Waals surface area contributed by atoms with Gasteiger partial charge in [0.1, 0.15) is 11.4 Å². The summed E-state index contributed by atoms with van der Waals surface area (Å²) in [5.74, 6) is 0.875. The number of hydrogen-bond donors (Lipinski definition) is 0. The van der Waals surface area contributed by atoms with Crippen molar-refractivity contribution in [3.63, 3.8) is 0 Å². The standard InChI is InChI=1S/C27H44O3Si/c1-22(18-19-25-16-11-10-12-17-25)14-13-15-23(2)20-27(7,21-24(3)28)29-30-31(8,9)26(4,5)6/h10-13,15-19,22-23H,14,20-21H2,1-9H3/b15-13+,19-18+/t22-,23-,27-/m0/s1. The van der Waals surface area contributed by atoms with Gasteiger partial charge in [0.2, 0.25) is 8.32 Å². The van der Waals surface area contributed by atoms with E-state index in [1.807, 2.05) is 13.0 Å². The maximum atomic E-state index is 11.9. The molecule has 1 rings (SSSR count). The third-order valence-electron chi connectivity index (χ3n) is 6.02. The third-order valence-corrected chi connectivity index (χ3v) is 10.1. The minimum Gasteiger partial charge on any atom is -0.300 e. The van der Waals surface area contributed by atoms with E-state index >= 15 is 0 Å². The van der Waals surface area contributed by atoms with Crippen LogP contribution in [0.15, 0.2) is 48.6 Å². The molecule has 0 bridgehead atoms. The molecule has 3 nitrogen and oxygen atoms in total. The van der Waals surface area contributed by atoms with Crippen LogP contribution < -0.4 is 0 Å². The minimum absolute atomic E-state index is 0.0546. The molecule has 0 aliphatic rings. The number of hydrogen-bond acceptors (Lipinski definition) is 3. The third kappa shape index (κ3) is 10.6. The Labute approximate surface area is 192 Å². The Hall–Kier alpha value is -1.49. The largest absolute Gasteiger partial charge is 0.300 e. The number of carbonyl (C=O) groups is 1. The number of ketones is 1. The molecule has 31 heavy (non-hydrogen) atoms. The van der Waals surface area contributed by atoms with Crippen molar-refractivity contribution in [2.75, 3.05) is 0 Å². The summed E-state index contributed by atoms with van der Waals surface area (Å²) in [5, 5.41) is 0.0546. The normalized spacial score (nSPS) is 17.1. The van der Waals surface area contributed by atoms with Gasteiger partial charge in [-0.15, -0.1) is 0 Å². The molecule has 0 N–H and O–H groups in total. The van der Waals surface area contributed by atoms with Crippen LogP contribution in [0, 0.1) is 11.8 Å². The molecule has 0 heterocycles. The highest BCUT2D eigenvalue weighted by molar-refractivity contribution is 6.73. The van der Waals surface area contributed by atoms with Gasteiger partial charge in [0.05, 0.1) is 0 Å². The Balaban J connectivity index is 2.66. The maximum Gasteiger partial charge on any atom is 0.238 e. The molecular weight excluding hydrogens is 400 g/mol. The molecule has 174 valence electrons. The molecule has 0 aromatic heterocycles. The molecule has 0 aliphatic carbocycles. The quantitative estimate of drug-likeness (QED) is 0.142. The second-order valence-electron chi connectivity index (χ2n) is 10.8. The van der Waals surface area contributed by atoms with Gasteiger partial charge >= 0.3 is 0 Å². The molecule has 0 saturated carbocycles. The van der Waals surface area contributed by atoms with Gasteiger partial charge in [-0.05, 0) is 62.2 Å². The zero-order chi connectivity index (χ0) is 23.7. The zero-order valence-corrected chi connectivity index (χ0v) is 22.2. The van der Waals surface area contributed by atoms with Gasteiger partial charge in [-0.25, -0.2) is 4.89 Å². The lowest BCUT2D eigenvalue weighted by Gasteiger charge is -2.39. The first-order chi connectivity index (χ1) is 14.2. The monoisotopic (exact) mass is 444 g/mol. The number of carbonyl (C=O) groups excluding carboxylic acids is 1. The average molecular weight is 445 g/mol. The average Bonchev–Trinajstić information content (AvgIpc) is 2.64. The summed E-state index contributed by atoms with van der Waals surface area (Å²) in [7, 11) is -2.05. The minimum atomic E-state index is -2.05. The molecule has 0 radical (unpaired) electrons. The van der Waals surface area contributed by atoms with Crippen molar-refractivity contribution in [1.29, 1.82) is 0 Å². The van der Waals surface area contributed by atoms with E-state index in [-0.39, 0.29) is 16.7 Å². The van der Waals surface area contributed by atoms with Gasteiger partial charge in [-0.2, -0.15) is 0 Å². The van der Waals surface area contributed by atoms with Crippen molar-refractivity contribution < 1.29 is 14.3 Å². The van der Waals surface area contributed by atoms with Crippen LogP contribution in [-0.2, 0) is 14.3 Å². The van der Waals surface area contributed by atoms with Crippen LogP contribution in [0.4, 0.5) is 0 Å². The highest BCUT2D eigenvalue weighted by Crippen LogP contribution is 2.38. The lowest BCUT2D eigenvalue weighted by atomic mass is 9.88. The molecule has 0 amide bonds. The van der Waals surface area contributed by atoms with E-state index in [2.05, 4.69) is 96.3 Å². The van der Waals surface area contributed by atoms with Crippen molar-refractivity contribution in [3.8, 4) is 0 Å². The van der Waals surface area contributed by atoms with E-state index < -0.39 is 13.9 Å². The molecule has 0 aliphatic heterocycles. The number of allylic oxidation sites excluding steroid dienone is 3. The van der Waals surface area contributed by atoms with Crippen molar-refractivity contribution in [1.82, 2.24) is 0 Å². The van der Waals surface area contributed by atoms with Crippen molar-refractivity contribution in [2.45, 2.75) is 91.5 Å². The first kappa shape index (κ1) is 27.5. The zero-order valence-electron chi connectivity index (χ0n) is 21.2. The van der Waals surface area contributed by atoms with Gasteiger partial charge in [0, 0.05) is 6.42 Å². The summed E-state index contributed by atoms with van der Waals surface area (Å²) in [6.45, 7) is 18.9. The second kappa shape index (κ2) is 11.9. The van der Waals surface area contributed by atoms with Crippen LogP contribution in [-0.4, -0.2) is 19.7 Å². The topological polar surface area (TPSA) is 35.5 Å². The van der Waals surface area contributed by atoms with E-state index in [0.29, 0.717) is 12.3 Å². The highest BCUT2D eigenvalue weighted by atomic mass is 28.4. The fraction of sp³-hybridized carbons (Fsp3) is 0.593. The van der Waals surface area contributed by atoms with Crippen LogP contribution in [0.1, 0.15) is 73.3 Å². The summed E-state index contributed by atoms with van der Waals surface area (Å²) in [6, 6.07) is 10.4. The summed E-state index contributed by atoms with van der Waals surface area (Å²) >= 11 is 0. The Morgan fingerprint density at radius 2 is 1.65 bits per heavy atom. The van der Waals surface area contributed by atoms with Gasteiger partial charge in [0.25, 0.3) is 0 Å². The molecule has 0 saturated heterocycles. The summed E-state index contributed by atoms with van der Waals surface area (Å²) < 4.78 is 6.03. The Bertz CT molecular complexity index is 731. The number of Topliss-reactive ketones (excluding diaryl/α,β-unsaturated/α-hetero) is 1. The molecule has 3 atom stereocenters.